The van der Waals surface area contributed by atoms with Gasteiger partial charge in [0.2, 0.25) is 0 Å². The first kappa shape index (κ1) is 14.1. The third kappa shape index (κ3) is 4.09. The Morgan fingerprint density at radius 2 is 2.06 bits per heavy atom. The fourth-order valence-corrected chi connectivity index (χ4v) is 3.27. The molecule has 0 bridgehead atoms. The Labute approximate surface area is 118 Å². The Balaban J connectivity index is 1.92. The van der Waals surface area contributed by atoms with Crippen LogP contribution in [0.3, 0.4) is 0 Å². The van der Waals surface area contributed by atoms with E-state index in [1.807, 2.05) is 0 Å². The molecule has 100 valence electrons. The predicted molar refractivity (Wildman–Crippen MR) is 78.2 cm³/mol. The minimum absolute atomic E-state index is 0.269. The van der Waals surface area contributed by atoms with Gasteiger partial charge >= 0.3 is 0 Å². The lowest BCUT2D eigenvalue weighted by molar-refractivity contribution is 0.202. The molecule has 0 aliphatic heterocycles. The van der Waals surface area contributed by atoms with Crippen LogP contribution in [-0.4, -0.2) is 11.7 Å². The number of benzene rings is 1. The molecule has 1 fully saturated rings. The van der Waals surface area contributed by atoms with Crippen molar-refractivity contribution in [2.75, 3.05) is 11.7 Å². The summed E-state index contributed by atoms with van der Waals surface area (Å²) in [5, 5.41) is 0.688. The van der Waals surface area contributed by atoms with Gasteiger partial charge in [-0.3, -0.25) is 0 Å². The summed E-state index contributed by atoms with van der Waals surface area (Å²) in [6, 6.07) is 5.02. The van der Waals surface area contributed by atoms with Gasteiger partial charge in [-0.25, -0.2) is 4.39 Å². The Kier molecular flexibility index (Phi) is 5.70. The zero-order chi connectivity index (χ0) is 12.8. The Morgan fingerprint density at radius 3 is 2.78 bits per heavy atom. The van der Waals surface area contributed by atoms with Crippen molar-refractivity contribution in [2.24, 2.45) is 5.92 Å². The van der Waals surface area contributed by atoms with Gasteiger partial charge in [-0.1, -0.05) is 19.3 Å². The molecular weight excluding hydrogens is 267 g/mol. The van der Waals surface area contributed by atoms with Gasteiger partial charge in [-0.2, -0.15) is 12.6 Å². The summed E-state index contributed by atoms with van der Waals surface area (Å²) in [5.41, 5.74) is 0. The number of rotatable bonds is 5. The Hall–Kier alpha value is -0.350. The molecule has 1 nitrogen and oxygen atoms in total. The Bertz CT molecular complexity index is 378. The van der Waals surface area contributed by atoms with Crippen LogP contribution in [0.2, 0.25) is 0 Å². The van der Waals surface area contributed by atoms with Crippen LogP contribution in [0.1, 0.15) is 32.1 Å². The zero-order valence-electron chi connectivity index (χ0n) is 10.4. The maximum atomic E-state index is 13.6. The largest absolute Gasteiger partial charge is 0.490 e. The average molecular weight is 286 g/mol. The Morgan fingerprint density at radius 1 is 1.28 bits per heavy atom. The summed E-state index contributed by atoms with van der Waals surface area (Å²) in [7, 11) is 0. The average Bonchev–Trinajstić information content (AvgIpc) is 2.41. The monoisotopic (exact) mass is 286 g/mol. The maximum Gasteiger partial charge on any atom is 0.165 e. The van der Waals surface area contributed by atoms with E-state index in [2.05, 4.69) is 12.6 Å². The molecule has 0 spiro atoms. The van der Waals surface area contributed by atoms with Gasteiger partial charge in [0.05, 0.1) is 6.61 Å². The lowest BCUT2D eigenvalue weighted by Crippen LogP contribution is -2.15. The first-order chi connectivity index (χ1) is 8.79. The van der Waals surface area contributed by atoms with E-state index >= 15 is 0 Å². The van der Waals surface area contributed by atoms with Gasteiger partial charge in [0.15, 0.2) is 11.6 Å². The molecule has 2 rings (SSSR count). The molecule has 1 saturated carbocycles. The lowest BCUT2D eigenvalue weighted by atomic mass is 9.90. The topological polar surface area (TPSA) is 9.23 Å². The summed E-state index contributed by atoms with van der Waals surface area (Å²) >= 11 is 5.73. The van der Waals surface area contributed by atoms with Crippen LogP contribution in [0.4, 0.5) is 4.39 Å². The molecule has 0 unspecified atom stereocenters. The smallest absolute Gasteiger partial charge is 0.165 e. The molecule has 1 aromatic rings. The van der Waals surface area contributed by atoms with Gasteiger partial charge < -0.3 is 4.74 Å². The number of hydrogen-bond acceptors (Lipinski definition) is 3. The molecular formula is C14H19FOS2. The quantitative estimate of drug-likeness (QED) is 0.474. The molecule has 18 heavy (non-hydrogen) atoms. The molecule has 0 saturated heterocycles. The molecule has 0 radical (unpaired) electrons. The minimum atomic E-state index is -0.269. The molecule has 0 heterocycles. The highest BCUT2D eigenvalue weighted by Gasteiger charge is 2.15. The third-order valence-electron chi connectivity index (χ3n) is 3.33. The number of halogens is 1. The van der Waals surface area contributed by atoms with E-state index < -0.39 is 0 Å². The number of hydrogen-bond donors (Lipinski definition) is 1. The van der Waals surface area contributed by atoms with E-state index in [9.17, 15) is 4.39 Å². The lowest BCUT2D eigenvalue weighted by Gasteiger charge is -2.21. The predicted octanol–water partition coefficient (Wildman–Crippen LogP) is 4.76. The molecule has 1 aliphatic carbocycles. The number of ether oxygens (including phenoxy) is 1. The van der Waals surface area contributed by atoms with Gasteiger partial charge in [-0.15, -0.1) is 11.8 Å². The van der Waals surface area contributed by atoms with Crippen molar-refractivity contribution in [2.45, 2.75) is 37.0 Å². The molecule has 1 aromatic carbocycles. The number of thioether (sulfide) groups is 1. The van der Waals surface area contributed by atoms with Crippen LogP contribution in [0.25, 0.3) is 0 Å². The third-order valence-corrected chi connectivity index (χ3v) is 4.44. The van der Waals surface area contributed by atoms with Crippen molar-refractivity contribution in [1.29, 1.82) is 0 Å². The van der Waals surface area contributed by atoms with Crippen molar-refractivity contribution >= 4 is 24.4 Å². The summed E-state index contributed by atoms with van der Waals surface area (Å²) in [6.45, 7) is 0.645. The molecule has 0 aromatic heterocycles. The molecule has 0 amide bonds. The van der Waals surface area contributed by atoms with E-state index in [0.29, 0.717) is 23.4 Å². The molecule has 0 atom stereocenters. The van der Waals surface area contributed by atoms with E-state index in [-0.39, 0.29) is 5.82 Å². The first-order valence-corrected chi connectivity index (χ1v) is 8.07. The van der Waals surface area contributed by atoms with Crippen LogP contribution >= 0.6 is 24.4 Å². The van der Waals surface area contributed by atoms with Crippen LogP contribution in [-0.2, 0) is 0 Å². The summed E-state index contributed by atoms with van der Waals surface area (Å²) < 4.78 is 19.3. The van der Waals surface area contributed by atoms with Crippen LogP contribution in [0.5, 0.6) is 5.75 Å². The summed E-state index contributed by atoms with van der Waals surface area (Å²) in [5.74, 6) is 0.709. The van der Waals surface area contributed by atoms with Crippen LogP contribution in [0, 0.1) is 11.7 Å². The highest BCUT2D eigenvalue weighted by Crippen LogP contribution is 2.28. The van der Waals surface area contributed by atoms with Gasteiger partial charge in [-0.05, 0) is 37.0 Å². The van der Waals surface area contributed by atoms with Gasteiger partial charge in [0, 0.05) is 9.98 Å². The highest BCUT2D eigenvalue weighted by molar-refractivity contribution is 8.09. The fraction of sp³-hybridized carbons (Fsp3) is 0.571. The van der Waals surface area contributed by atoms with Crippen molar-refractivity contribution in [3.63, 3.8) is 0 Å². The molecule has 4 heteroatoms. The molecule has 0 N–H and O–H groups in total. The van der Waals surface area contributed by atoms with E-state index in [1.54, 1.807) is 23.9 Å². The number of thiol groups is 1. The summed E-state index contributed by atoms with van der Waals surface area (Å²) in [6.07, 6.45) is 6.33. The summed E-state index contributed by atoms with van der Waals surface area (Å²) in [4.78, 5) is 1.00. The normalized spacial score (nSPS) is 16.8. The maximum absolute atomic E-state index is 13.6. The SMILES string of the molecule is Fc1ccc(SCS)cc1OCC1CCCCC1. The van der Waals surface area contributed by atoms with Crippen molar-refractivity contribution < 1.29 is 9.13 Å². The van der Waals surface area contributed by atoms with Crippen molar-refractivity contribution in [3.05, 3.63) is 24.0 Å². The second-order valence-corrected chi connectivity index (χ2v) is 6.47. The standard InChI is InChI=1S/C14H19FOS2/c15-13-7-6-12(18-10-17)8-14(13)16-9-11-4-2-1-3-5-11/h6-8,11,17H,1-5,9-10H2. The fourth-order valence-electron chi connectivity index (χ4n) is 2.32. The van der Waals surface area contributed by atoms with E-state index in [0.717, 1.165) is 4.90 Å². The van der Waals surface area contributed by atoms with Gasteiger partial charge in [0.25, 0.3) is 0 Å². The first-order valence-electron chi connectivity index (χ1n) is 6.45. The van der Waals surface area contributed by atoms with E-state index in [1.165, 1.54) is 38.2 Å². The second kappa shape index (κ2) is 7.29. The van der Waals surface area contributed by atoms with Crippen molar-refractivity contribution in [3.8, 4) is 5.75 Å². The van der Waals surface area contributed by atoms with Crippen molar-refractivity contribution in [1.82, 2.24) is 0 Å². The minimum Gasteiger partial charge on any atom is -0.490 e. The highest BCUT2D eigenvalue weighted by atomic mass is 32.2. The second-order valence-electron chi connectivity index (χ2n) is 4.68. The molecule has 1 aliphatic rings. The van der Waals surface area contributed by atoms with Crippen LogP contribution in [0.15, 0.2) is 23.1 Å². The zero-order valence-corrected chi connectivity index (χ0v) is 12.1. The van der Waals surface area contributed by atoms with Crippen LogP contribution < -0.4 is 4.74 Å². The van der Waals surface area contributed by atoms with E-state index in [4.69, 9.17) is 4.74 Å². The van der Waals surface area contributed by atoms with Gasteiger partial charge in [0.1, 0.15) is 0 Å².